The fourth-order valence-corrected chi connectivity index (χ4v) is 2.03. The van der Waals surface area contributed by atoms with Crippen molar-refractivity contribution >= 4 is 11.3 Å². The lowest BCUT2D eigenvalue weighted by molar-refractivity contribution is 0.249. The van der Waals surface area contributed by atoms with Crippen LogP contribution < -0.4 is 5.73 Å². The predicted molar refractivity (Wildman–Crippen MR) is 54.8 cm³/mol. The summed E-state index contributed by atoms with van der Waals surface area (Å²) in [6, 6.07) is 0. The minimum absolute atomic E-state index is 0.142. The molecule has 1 aromatic heterocycles. The van der Waals surface area contributed by atoms with Crippen LogP contribution in [0, 0.1) is 0 Å². The van der Waals surface area contributed by atoms with Crippen LogP contribution in [0.15, 0.2) is 10.9 Å². The number of aromatic nitrogens is 1. The van der Waals surface area contributed by atoms with E-state index in [2.05, 4.69) is 4.98 Å². The Labute approximate surface area is 82.6 Å². The molecule has 0 aliphatic rings. The van der Waals surface area contributed by atoms with Crippen molar-refractivity contribution in [1.82, 2.24) is 4.98 Å². The molecular weight excluding hydrogens is 184 g/mol. The summed E-state index contributed by atoms with van der Waals surface area (Å²) in [7, 11) is 0. The standard InChI is InChI=1S/C9H16N2OS/c1-9(2,10)7(3-4-12)8-5-13-6-11-8/h5-7,12H,3-4,10H2,1-2H3. The quantitative estimate of drug-likeness (QED) is 0.771. The summed E-state index contributed by atoms with van der Waals surface area (Å²) in [5.74, 6) is 0.142. The number of aliphatic hydroxyl groups is 1. The van der Waals surface area contributed by atoms with Crippen molar-refractivity contribution in [3.05, 3.63) is 16.6 Å². The molecule has 0 aromatic carbocycles. The Hall–Kier alpha value is -0.450. The van der Waals surface area contributed by atoms with E-state index in [-0.39, 0.29) is 18.1 Å². The highest BCUT2D eigenvalue weighted by Gasteiger charge is 2.27. The summed E-state index contributed by atoms with van der Waals surface area (Å²) in [4.78, 5) is 4.23. The Morgan fingerprint density at radius 2 is 2.38 bits per heavy atom. The summed E-state index contributed by atoms with van der Waals surface area (Å²) in [5, 5.41) is 10.9. The number of hydrogen-bond acceptors (Lipinski definition) is 4. The first-order valence-electron chi connectivity index (χ1n) is 4.33. The number of rotatable bonds is 4. The lowest BCUT2D eigenvalue weighted by Crippen LogP contribution is -2.39. The molecule has 1 unspecified atom stereocenters. The number of thiazole rings is 1. The van der Waals surface area contributed by atoms with Crippen molar-refractivity contribution in [3.63, 3.8) is 0 Å². The molecule has 0 spiro atoms. The van der Waals surface area contributed by atoms with Crippen LogP contribution in [0.4, 0.5) is 0 Å². The minimum atomic E-state index is -0.323. The van der Waals surface area contributed by atoms with E-state index in [0.717, 1.165) is 5.69 Å². The highest BCUT2D eigenvalue weighted by atomic mass is 32.1. The normalized spacial score (nSPS) is 14.5. The summed E-state index contributed by atoms with van der Waals surface area (Å²) in [6.45, 7) is 4.09. The first kappa shape index (κ1) is 10.6. The summed E-state index contributed by atoms with van der Waals surface area (Å²) in [6.07, 6.45) is 0.674. The molecule has 1 heterocycles. The van der Waals surface area contributed by atoms with Crippen molar-refractivity contribution in [2.24, 2.45) is 5.73 Å². The van der Waals surface area contributed by atoms with Gasteiger partial charge in [-0.2, -0.15) is 0 Å². The highest BCUT2D eigenvalue weighted by Crippen LogP contribution is 2.28. The van der Waals surface area contributed by atoms with Gasteiger partial charge in [-0.1, -0.05) is 0 Å². The Bertz CT molecular complexity index is 241. The van der Waals surface area contributed by atoms with Gasteiger partial charge in [0.05, 0.1) is 11.2 Å². The maximum atomic E-state index is 8.92. The first-order chi connectivity index (χ1) is 6.05. The van der Waals surface area contributed by atoms with Gasteiger partial charge in [0.25, 0.3) is 0 Å². The molecule has 0 radical (unpaired) electrons. The van der Waals surface area contributed by atoms with E-state index in [0.29, 0.717) is 6.42 Å². The maximum Gasteiger partial charge on any atom is 0.0794 e. The molecule has 0 amide bonds. The van der Waals surface area contributed by atoms with Crippen LogP contribution in [0.25, 0.3) is 0 Å². The average molecular weight is 200 g/mol. The molecular formula is C9H16N2OS. The molecule has 13 heavy (non-hydrogen) atoms. The third-order valence-electron chi connectivity index (χ3n) is 2.12. The molecule has 0 saturated heterocycles. The van der Waals surface area contributed by atoms with Crippen LogP contribution in [0.2, 0.25) is 0 Å². The van der Waals surface area contributed by atoms with Crippen LogP contribution in [-0.4, -0.2) is 22.2 Å². The Morgan fingerprint density at radius 3 is 2.77 bits per heavy atom. The van der Waals surface area contributed by atoms with E-state index >= 15 is 0 Å². The molecule has 74 valence electrons. The first-order valence-corrected chi connectivity index (χ1v) is 5.28. The van der Waals surface area contributed by atoms with Gasteiger partial charge in [-0.05, 0) is 20.3 Å². The fourth-order valence-electron chi connectivity index (χ4n) is 1.42. The van der Waals surface area contributed by atoms with E-state index in [1.807, 2.05) is 19.2 Å². The van der Waals surface area contributed by atoms with Gasteiger partial charge in [-0.3, -0.25) is 0 Å². The third kappa shape index (κ3) is 2.76. The molecule has 3 N–H and O–H groups in total. The van der Waals surface area contributed by atoms with Gasteiger partial charge in [0, 0.05) is 23.4 Å². The highest BCUT2D eigenvalue weighted by molar-refractivity contribution is 7.07. The fraction of sp³-hybridized carbons (Fsp3) is 0.667. The molecule has 3 nitrogen and oxygen atoms in total. The van der Waals surface area contributed by atoms with Gasteiger partial charge in [0.2, 0.25) is 0 Å². The van der Waals surface area contributed by atoms with Crippen molar-refractivity contribution in [2.75, 3.05) is 6.61 Å². The number of hydrogen-bond donors (Lipinski definition) is 2. The Balaban J connectivity index is 2.81. The van der Waals surface area contributed by atoms with E-state index in [4.69, 9.17) is 10.8 Å². The van der Waals surface area contributed by atoms with Gasteiger partial charge in [-0.25, -0.2) is 4.98 Å². The van der Waals surface area contributed by atoms with Gasteiger partial charge < -0.3 is 10.8 Å². The molecule has 0 saturated carbocycles. The smallest absolute Gasteiger partial charge is 0.0794 e. The topological polar surface area (TPSA) is 59.1 Å². The molecule has 4 heteroatoms. The van der Waals surface area contributed by atoms with Gasteiger partial charge in [-0.15, -0.1) is 11.3 Å². The van der Waals surface area contributed by atoms with Crippen molar-refractivity contribution < 1.29 is 5.11 Å². The number of nitrogens with two attached hydrogens (primary N) is 1. The van der Waals surface area contributed by atoms with Crippen LogP contribution in [0.1, 0.15) is 31.9 Å². The average Bonchev–Trinajstić information content (AvgIpc) is 2.49. The molecule has 0 bridgehead atoms. The lowest BCUT2D eigenvalue weighted by Gasteiger charge is -2.28. The predicted octanol–water partition coefficient (Wildman–Crippen LogP) is 1.35. The van der Waals surface area contributed by atoms with E-state index < -0.39 is 0 Å². The van der Waals surface area contributed by atoms with Crippen molar-refractivity contribution in [3.8, 4) is 0 Å². The summed E-state index contributed by atoms with van der Waals surface area (Å²) < 4.78 is 0. The van der Waals surface area contributed by atoms with Gasteiger partial charge >= 0.3 is 0 Å². The largest absolute Gasteiger partial charge is 0.396 e. The zero-order valence-electron chi connectivity index (χ0n) is 8.03. The minimum Gasteiger partial charge on any atom is -0.396 e. The van der Waals surface area contributed by atoms with Gasteiger partial charge in [0.1, 0.15) is 0 Å². The monoisotopic (exact) mass is 200 g/mol. The molecule has 0 aliphatic carbocycles. The number of nitrogens with zero attached hydrogens (tertiary/aromatic N) is 1. The maximum absolute atomic E-state index is 8.92. The second-order valence-corrected chi connectivity index (χ2v) is 4.52. The van der Waals surface area contributed by atoms with Gasteiger partial charge in [0.15, 0.2) is 0 Å². The zero-order chi connectivity index (χ0) is 9.90. The molecule has 1 aromatic rings. The third-order valence-corrected chi connectivity index (χ3v) is 2.73. The van der Waals surface area contributed by atoms with Crippen LogP contribution >= 0.6 is 11.3 Å². The molecule has 1 rings (SSSR count). The van der Waals surface area contributed by atoms with Crippen molar-refractivity contribution in [1.29, 1.82) is 0 Å². The van der Waals surface area contributed by atoms with Crippen LogP contribution in [-0.2, 0) is 0 Å². The second kappa shape index (κ2) is 4.17. The SMILES string of the molecule is CC(C)(N)C(CCO)c1cscn1. The second-order valence-electron chi connectivity index (χ2n) is 3.80. The Morgan fingerprint density at radius 1 is 1.69 bits per heavy atom. The summed E-state index contributed by atoms with van der Waals surface area (Å²) >= 11 is 1.56. The van der Waals surface area contributed by atoms with E-state index in [1.165, 1.54) is 0 Å². The Kier molecular flexibility index (Phi) is 3.41. The molecule has 0 aliphatic heterocycles. The number of aliphatic hydroxyl groups excluding tert-OH is 1. The van der Waals surface area contributed by atoms with Crippen molar-refractivity contribution in [2.45, 2.75) is 31.7 Å². The molecule has 0 fully saturated rings. The van der Waals surface area contributed by atoms with Crippen LogP contribution in [0.5, 0.6) is 0 Å². The van der Waals surface area contributed by atoms with E-state index in [9.17, 15) is 0 Å². The summed E-state index contributed by atoms with van der Waals surface area (Å²) in [5.41, 5.74) is 8.48. The zero-order valence-corrected chi connectivity index (χ0v) is 8.84. The molecule has 1 atom stereocenters. The van der Waals surface area contributed by atoms with E-state index in [1.54, 1.807) is 16.8 Å². The lowest BCUT2D eigenvalue weighted by atomic mass is 9.84. The van der Waals surface area contributed by atoms with Crippen LogP contribution in [0.3, 0.4) is 0 Å².